The molecule has 8 heteroatoms. The fourth-order valence-electron chi connectivity index (χ4n) is 1.86. The molecule has 0 saturated heterocycles. The summed E-state index contributed by atoms with van der Waals surface area (Å²) in [6.07, 6.45) is -0.223. The molecule has 0 heterocycles. The summed E-state index contributed by atoms with van der Waals surface area (Å²) < 4.78 is 5.65. The van der Waals surface area contributed by atoms with Gasteiger partial charge >= 0.3 is 0 Å². The van der Waals surface area contributed by atoms with Crippen LogP contribution in [0, 0.1) is 10.1 Å². The number of aromatic hydroxyl groups is 1. The van der Waals surface area contributed by atoms with Crippen LogP contribution in [0.15, 0.2) is 41.4 Å². The first kappa shape index (κ1) is 18.0. The van der Waals surface area contributed by atoms with Crippen molar-refractivity contribution in [2.75, 3.05) is 0 Å². The third-order valence-corrected chi connectivity index (χ3v) is 3.44. The van der Waals surface area contributed by atoms with Crippen LogP contribution < -0.4 is 0 Å². The highest BCUT2D eigenvalue weighted by molar-refractivity contribution is 6.33. The Kier molecular flexibility index (Phi) is 5.64. The van der Waals surface area contributed by atoms with Crippen LogP contribution in [0.4, 0.5) is 11.4 Å². The largest absolute Gasteiger partial charge is 0.507 e. The van der Waals surface area contributed by atoms with E-state index in [4.69, 9.17) is 27.9 Å². The lowest BCUT2D eigenvalue weighted by Gasteiger charge is -2.14. The minimum Gasteiger partial charge on any atom is -0.507 e. The van der Waals surface area contributed by atoms with Gasteiger partial charge in [0.1, 0.15) is 5.75 Å². The SMILES string of the molecule is CC(C)OC(=Nc1ccc([N+](=O)[O-])cc1Cl)c1cc(Cl)ccc1O. The van der Waals surface area contributed by atoms with Crippen LogP contribution in [0.25, 0.3) is 0 Å². The fraction of sp³-hybridized carbons (Fsp3) is 0.188. The van der Waals surface area contributed by atoms with E-state index in [-0.39, 0.29) is 34.1 Å². The van der Waals surface area contributed by atoms with Crippen LogP contribution in [-0.2, 0) is 4.74 Å². The van der Waals surface area contributed by atoms with Crippen molar-refractivity contribution in [2.24, 2.45) is 4.99 Å². The van der Waals surface area contributed by atoms with Gasteiger partial charge in [-0.2, -0.15) is 0 Å². The number of nitrogens with zero attached hydrogens (tertiary/aromatic N) is 2. The summed E-state index contributed by atoms with van der Waals surface area (Å²) in [5, 5.41) is 21.3. The lowest BCUT2D eigenvalue weighted by atomic mass is 10.2. The Balaban J connectivity index is 2.54. The average molecular weight is 369 g/mol. The number of hydrogen-bond donors (Lipinski definition) is 1. The first-order valence-electron chi connectivity index (χ1n) is 6.96. The molecule has 0 aliphatic carbocycles. The van der Waals surface area contributed by atoms with Crippen molar-refractivity contribution in [3.05, 3.63) is 62.1 Å². The molecular weight excluding hydrogens is 355 g/mol. The number of halogens is 2. The number of benzene rings is 2. The maximum atomic E-state index is 10.8. The van der Waals surface area contributed by atoms with Gasteiger partial charge in [-0.15, -0.1) is 0 Å². The van der Waals surface area contributed by atoms with E-state index in [9.17, 15) is 15.2 Å². The van der Waals surface area contributed by atoms with Crippen LogP contribution in [0.3, 0.4) is 0 Å². The van der Waals surface area contributed by atoms with Crippen LogP contribution in [0.2, 0.25) is 10.0 Å². The van der Waals surface area contributed by atoms with Gasteiger partial charge in [0.15, 0.2) is 0 Å². The monoisotopic (exact) mass is 368 g/mol. The molecule has 2 rings (SSSR count). The van der Waals surface area contributed by atoms with Crippen LogP contribution in [0.5, 0.6) is 5.75 Å². The molecule has 0 aliphatic heterocycles. The standard InChI is InChI=1S/C16H14Cl2N2O4/c1-9(2)24-16(12-7-10(17)3-6-15(12)21)19-14-5-4-11(20(22)23)8-13(14)18/h3-9,21H,1-2H3. The minimum atomic E-state index is -0.548. The van der Waals surface area contributed by atoms with E-state index in [0.717, 1.165) is 0 Å². The van der Waals surface area contributed by atoms with E-state index >= 15 is 0 Å². The Bertz CT molecular complexity index is 807. The molecule has 0 spiro atoms. The predicted molar refractivity (Wildman–Crippen MR) is 93.6 cm³/mol. The first-order chi connectivity index (χ1) is 11.3. The smallest absolute Gasteiger partial charge is 0.271 e. The van der Waals surface area contributed by atoms with Crippen molar-refractivity contribution in [3.8, 4) is 5.75 Å². The molecule has 126 valence electrons. The summed E-state index contributed by atoms with van der Waals surface area (Å²) in [6, 6.07) is 8.37. The van der Waals surface area contributed by atoms with Gasteiger partial charge in [0.05, 0.1) is 27.3 Å². The van der Waals surface area contributed by atoms with Gasteiger partial charge < -0.3 is 9.84 Å². The number of phenols is 1. The second kappa shape index (κ2) is 7.51. The van der Waals surface area contributed by atoms with Crippen molar-refractivity contribution in [1.29, 1.82) is 0 Å². The summed E-state index contributed by atoms with van der Waals surface area (Å²) in [7, 11) is 0. The van der Waals surface area contributed by atoms with E-state index in [1.54, 1.807) is 13.8 Å². The summed E-state index contributed by atoms with van der Waals surface area (Å²) in [5.41, 5.74) is 0.429. The van der Waals surface area contributed by atoms with E-state index in [1.807, 2.05) is 0 Å². The predicted octanol–water partition coefficient (Wildman–Crippen LogP) is 5.11. The summed E-state index contributed by atoms with van der Waals surface area (Å²) in [5.74, 6) is 0.0533. The Hall–Kier alpha value is -2.31. The fourth-order valence-corrected chi connectivity index (χ4v) is 2.25. The Morgan fingerprint density at radius 3 is 2.54 bits per heavy atom. The summed E-state index contributed by atoms with van der Waals surface area (Å²) in [6.45, 7) is 3.60. The van der Waals surface area contributed by atoms with Gasteiger partial charge in [0.25, 0.3) is 5.69 Å². The van der Waals surface area contributed by atoms with Gasteiger partial charge in [-0.1, -0.05) is 23.2 Å². The lowest BCUT2D eigenvalue weighted by Crippen LogP contribution is -2.13. The summed E-state index contributed by atoms with van der Waals surface area (Å²) in [4.78, 5) is 14.5. The number of ether oxygens (including phenoxy) is 1. The maximum absolute atomic E-state index is 10.8. The van der Waals surface area contributed by atoms with Crippen molar-refractivity contribution >= 4 is 40.5 Å². The Morgan fingerprint density at radius 2 is 1.96 bits per heavy atom. The van der Waals surface area contributed by atoms with E-state index in [2.05, 4.69) is 4.99 Å². The minimum absolute atomic E-state index is 0.0585. The van der Waals surface area contributed by atoms with Crippen molar-refractivity contribution < 1.29 is 14.8 Å². The molecule has 0 radical (unpaired) electrons. The zero-order chi connectivity index (χ0) is 17.9. The number of non-ortho nitro benzene ring substituents is 1. The van der Waals surface area contributed by atoms with Crippen molar-refractivity contribution in [3.63, 3.8) is 0 Å². The number of nitro benzene ring substituents is 1. The number of phenolic OH excluding ortho intramolecular Hbond substituents is 1. The molecule has 0 atom stereocenters. The van der Waals surface area contributed by atoms with Gasteiger partial charge in [0, 0.05) is 17.2 Å². The highest BCUT2D eigenvalue weighted by Crippen LogP contribution is 2.31. The molecule has 24 heavy (non-hydrogen) atoms. The van der Waals surface area contributed by atoms with Gasteiger partial charge in [0.2, 0.25) is 5.90 Å². The Morgan fingerprint density at radius 1 is 1.25 bits per heavy atom. The van der Waals surface area contributed by atoms with Crippen molar-refractivity contribution in [1.82, 2.24) is 0 Å². The van der Waals surface area contributed by atoms with Gasteiger partial charge in [-0.3, -0.25) is 10.1 Å². The third kappa shape index (κ3) is 4.37. The van der Waals surface area contributed by atoms with E-state index < -0.39 is 4.92 Å². The van der Waals surface area contributed by atoms with E-state index in [1.165, 1.54) is 36.4 Å². The zero-order valence-corrected chi connectivity index (χ0v) is 14.4. The third-order valence-electron chi connectivity index (χ3n) is 2.90. The van der Waals surface area contributed by atoms with E-state index in [0.29, 0.717) is 10.6 Å². The average Bonchev–Trinajstić information content (AvgIpc) is 2.50. The lowest BCUT2D eigenvalue weighted by molar-refractivity contribution is -0.384. The van der Waals surface area contributed by atoms with Crippen LogP contribution in [-0.4, -0.2) is 22.0 Å². The molecular formula is C16H14Cl2N2O4. The molecule has 2 aromatic rings. The molecule has 2 aromatic carbocycles. The highest BCUT2D eigenvalue weighted by Gasteiger charge is 2.16. The molecule has 0 fully saturated rings. The Labute approximate surface area is 148 Å². The molecule has 1 N–H and O–H groups in total. The first-order valence-corrected chi connectivity index (χ1v) is 7.71. The number of rotatable bonds is 4. The molecule has 0 aliphatic rings. The second-order valence-corrected chi connectivity index (χ2v) is 5.98. The second-order valence-electron chi connectivity index (χ2n) is 5.14. The van der Waals surface area contributed by atoms with Gasteiger partial charge in [-0.25, -0.2) is 4.99 Å². The number of nitro groups is 1. The molecule has 0 bridgehead atoms. The molecule has 0 amide bonds. The molecule has 0 unspecified atom stereocenters. The maximum Gasteiger partial charge on any atom is 0.271 e. The quantitative estimate of drug-likeness (QED) is 0.351. The normalized spacial score (nSPS) is 11.6. The molecule has 6 nitrogen and oxygen atoms in total. The number of aliphatic imine (C=N–C) groups is 1. The molecule has 0 aromatic heterocycles. The zero-order valence-electron chi connectivity index (χ0n) is 12.9. The van der Waals surface area contributed by atoms with Crippen LogP contribution in [0.1, 0.15) is 19.4 Å². The van der Waals surface area contributed by atoms with Crippen molar-refractivity contribution in [2.45, 2.75) is 20.0 Å². The molecule has 0 saturated carbocycles. The number of hydrogen-bond acceptors (Lipinski definition) is 5. The van der Waals surface area contributed by atoms with Gasteiger partial charge in [-0.05, 0) is 38.1 Å². The topological polar surface area (TPSA) is 85.0 Å². The van der Waals surface area contributed by atoms with Crippen LogP contribution >= 0.6 is 23.2 Å². The summed E-state index contributed by atoms with van der Waals surface area (Å²) >= 11 is 12.0. The highest BCUT2D eigenvalue weighted by atomic mass is 35.5.